The quantitative estimate of drug-likeness (QED) is 0.424. The SMILES string of the molecule is CCC(C)C(NC(=O)OC(C)(C)C)C(=O)N(C(C)C)C(C(=O)Nc1c(C)cccc1C)c1ccccc1. The Bertz CT molecular complexity index is 1060. The Labute approximate surface area is 222 Å². The molecule has 3 atom stereocenters. The molecule has 202 valence electrons. The van der Waals surface area contributed by atoms with Gasteiger partial charge >= 0.3 is 6.09 Å². The van der Waals surface area contributed by atoms with E-state index >= 15 is 0 Å². The summed E-state index contributed by atoms with van der Waals surface area (Å²) in [6.07, 6.45) is -0.00551. The van der Waals surface area contributed by atoms with Crippen LogP contribution in [0.3, 0.4) is 0 Å². The van der Waals surface area contributed by atoms with E-state index < -0.39 is 23.8 Å². The molecular formula is C30H43N3O4. The van der Waals surface area contributed by atoms with E-state index in [0.29, 0.717) is 12.0 Å². The maximum absolute atomic E-state index is 14.2. The van der Waals surface area contributed by atoms with Gasteiger partial charge in [-0.15, -0.1) is 0 Å². The number of carbonyl (C=O) groups excluding carboxylic acids is 3. The molecule has 2 N–H and O–H groups in total. The molecule has 3 amide bonds. The molecule has 37 heavy (non-hydrogen) atoms. The highest BCUT2D eigenvalue weighted by molar-refractivity contribution is 6.00. The van der Waals surface area contributed by atoms with Gasteiger partial charge in [-0.2, -0.15) is 0 Å². The van der Waals surface area contributed by atoms with Crippen LogP contribution >= 0.6 is 0 Å². The Kier molecular flexibility index (Phi) is 10.3. The molecule has 3 unspecified atom stereocenters. The smallest absolute Gasteiger partial charge is 0.408 e. The van der Waals surface area contributed by atoms with Crippen molar-refractivity contribution in [1.29, 1.82) is 0 Å². The Morgan fingerprint density at radius 1 is 0.919 bits per heavy atom. The lowest BCUT2D eigenvalue weighted by Gasteiger charge is -2.38. The lowest BCUT2D eigenvalue weighted by atomic mass is 9.94. The van der Waals surface area contributed by atoms with Crippen LogP contribution in [-0.2, 0) is 14.3 Å². The largest absolute Gasteiger partial charge is 0.444 e. The van der Waals surface area contributed by atoms with Gasteiger partial charge in [0.2, 0.25) is 5.91 Å². The van der Waals surface area contributed by atoms with Crippen molar-refractivity contribution in [2.45, 2.75) is 92.5 Å². The number of aryl methyl sites for hydroxylation is 2. The molecule has 0 aliphatic heterocycles. The van der Waals surface area contributed by atoms with Crippen LogP contribution in [0.15, 0.2) is 48.5 Å². The monoisotopic (exact) mass is 509 g/mol. The normalized spacial score (nSPS) is 13.9. The molecule has 0 fully saturated rings. The van der Waals surface area contributed by atoms with E-state index in [9.17, 15) is 14.4 Å². The van der Waals surface area contributed by atoms with Crippen molar-refractivity contribution >= 4 is 23.6 Å². The van der Waals surface area contributed by atoms with Gasteiger partial charge in [-0.1, -0.05) is 68.8 Å². The Morgan fingerprint density at radius 2 is 1.49 bits per heavy atom. The van der Waals surface area contributed by atoms with Gasteiger partial charge in [-0.25, -0.2) is 4.79 Å². The number of anilines is 1. The average Bonchev–Trinajstić information content (AvgIpc) is 2.81. The molecule has 0 bridgehead atoms. The summed E-state index contributed by atoms with van der Waals surface area (Å²) < 4.78 is 5.45. The Balaban J connectivity index is 2.53. The minimum Gasteiger partial charge on any atom is -0.444 e. The highest BCUT2D eigenvalue weighted by atomic mass is 16.6. The number of para-hydroxylation sites is 1. The van der Waals surface area contributed by atoms with E-state index in [-0.39, 0.29) is 23.8 Å². The van der Waals surface area contributed by atoms with Crippen LogP contribution in [0.25, 0.3) is 0 Å². The molecule has 7 heteroatoms. The number of rotatable bonds is 9. The molecule has 2 rings (SSSR count). The summed E-state index contributed by atoms with van der Waals surface area (Å²) in [5, 5.41) is 5.86. The Morgan fingerprint density at radius 3 is 1.97 bits per heavy atom. The lowest BCUT2D eigenvalue weighted by molar-refractivity contribution is -0.144. The van der Waals surface area contributed by atoms with Crippen LogP contribution in [-0.4, -0.2) is 40.5 Å². The number of ether oxygens (including phenoxy) is 1. The zero-order valence-electron chi connectivity index (χ0n) is 23.7. The van der Waals surface area contributed by atoms with Gasteiger partial charge < -0.3 is 20.3 Å². The predicted molar refractivity (Wildman–Crippen MR) is 148 cm³/mol. The molecule has 2 aromatic rings. The van der Waals surface area contributed by atoms with E-state index in [0.717, 1.165) is 16.8 Å². The summed E-state index contributed by atoms with van der Waals surface area (Å²) in [4.78, 5) is 42.4. The van der Waals surface area contributed by atoms with E-state index in [4.69, 9.17) is 4.74 Å². The van der Waals surface area contributed by atoms with E-state index in [1.54, 1.807) is 25.7 Å². The molecule has 0 radical (unpaired) electrons. The molecule has 0 aliphatic carbocycles. The van der Waals surface area contributed by atoms with Crippen molar-refractivity contribution in [2.24, 2.45) is 5.92 Å². The number of amides is 3. The number of carbonyl (C=O) groups is 3. The third kappa shape index (κ3) is 8.07. The summed E-state index contributed by atoms with van der Waals surface area (Å²) >= 11 is 0. The second-order valence-electron chi connectivity index (χ2n) is 10.9. The first-order valence-corrected chi connectivity index (χ1v) is 13.0. The third-order valence-electron chi connectivity index (χ3n) is 6.33. The number of hydrogen-bond donors (Lipinski definition) is 2. The van der Waals surface area contributed by atoms with Crippen molar-refractivity contribution in [3.63, 3.8) is 0 Å². The zero-order valence-corrected chi connectivity index (χ0v) is 23.7. The van der Waals surface area contributed by atoms with Gasteiger partial charge in [0, 0.05) is 11.7 Å². The van der Waals surface area contributed by atoms with Crippen molar-refractivity contribution < 1.29 is 19.1 Å². The molecule has 0 spiro atoms. The number of benzene rings is 2. The van der Waals surface area contributed by atoms with Gasteiger partial charge in [-0.3, -0.25) is 9.59 Å². The van der Waals surface area contributed by atoms with Crippen molar-refractivity contribution in [3.8, 4) is 0 Å². The van der Waals surface area contributed by atoms with E-state index in [1.807, 2.05) is 90.1 Å². The average molecular weight is 510 g/mol. The van der Waals surface area contributed by atoms with Crippen LogP contribution in [0.5, 0.6) is 0 Å². The maximum atomic E-state index is 14.2. The lowest BCUT2D eigenvalue weighted by Crippen LogP contribution is -2.56. The summed E-state index contributed by atoms with van der Waals surface area (Å²) in [5.41, 5.74) is 2.59. The van der Waals surface area contributed by atoms with E-state index in [1.165, 1.54) is 0 Å². The van der Waals surface area contributed by atoms with Gasteiger partial charge in [-0.05, 0) is 71.1 Å². The number of nitrogens with zero attached hydrogens (tertiary/aromatic N) is 1. The number of hydrogen-bond acceptors (Lipinski definition) is 4. The minimum atomic E-state index is -0.903. The van der Waals surface area contributed by atoms with Crippen molar-refractivity contribution in [1.82, 2.24) is 10.2 Å². The van der Waals surface area contributed by atoms with Gasteiger partial charge in [0.05, 0.1) is 0 Å². The fraction of sp³-hybridized carbons (Fsp3) is 0.500. The first-order valence-electron chi connectivity index (χ1n) is 13.0. The van der Waals surface area contributed by atoms with Crippen LogP contribution in [0.2, 0.25) is 0 Å². The number of alkyl carbamates (subject to hydrolysis) is 1. The molecular weight excluding hydrogens is 466 g/mol. The molecule has 2 aromatic carbocycles. The Hall–Kier alpha value is -3.35. The van der Waals surface area contributed by atoms with Gasteiger partial charge in [0.1, 0.15) is 17.7 Å². The van der Waals surface area contributed by atoms with Gasteiger partial charge in [0.15, 0.2) is 0 Å². The van der Waals surface area contributed by atoms with E-state index in [2.05, 4.69) is 10.6 Å². The first kappa shape index (κ1) is 29.9. The van der Waals surface area contributed by atoms with Crippen LogP contribution < -0.4 is 10.6 Å². The molecule has 7 nitrogen and oxygen atoms in total. The minimum absolute atomic E-state index is 0.181. The van der Waals surface area contributed by atoms with Crippen molar-refractivity contribution in [3.05, 3.63) is 65.2 Å². The van der Waals surface area contributed by atoms with Crippen molar-refractivity contribution in [2.75, 3.05) is 5.32 Å². The van der Waals surface area contributed by atoms with Gasteiger partial charge in [0.25, 0.3) is 5.91 Å². The second kappa shape index (κ2) is 12.7. The summed E-state index contributed by atoms with van der Waals surface area (Å²) in [7, 11) is 0. The van der Waals surface area contributed by atoms with Crippen LogP contribution in [0, 0.1) is 19.8 Å². The van der Waals surface area contributed by atoms with Crippen LogP contribution in [0.1, 0.15) is 77.6 Å². The molecule has 0 saturated heterocycles. The first-order chi connectivity index (χ1) is 17.3. The highest BCUT2D eigenvalue weighted by Crippen LogP contribution is 2.29. The summed E-state index contributed by atoms with van der Waals surface area (Å²) in [6, 6.07) is 13.0. The maximum Gasteiger partial charge on any atom is 0.408 e. The molecule has 0 aliphatic rings. The standard InChI is InChI=1S/C30H43N3O4/c1-10-20(4)25(32-29(36)37-30(7,8)9)28(35)33(19(2)3)26(23-17-12-11-13-18-23)27(34)31-24-21(5)15-14-16-22(24)6/h11-20,25-26H,10H2,1-9H3,(H,31,34)(H,32,36). The fourth-order valence-corrected chi connectivity index (χ4v) is 4.23. The molecule has 0 saturated carbocycles. The predicted octanol–water partition coefficient (Wildman–Crippen LogP) is 6.16. The molecule has 0 aromatic heterocycles. The fourth-order valence-electron chi connectivity index (χ4n) is 4.23. The second-order valence-corrected chi connectivity index (χ2v) is 10.9. The summed E-state index contributed by atoms with van der Waals surface area (Å²) in [6.45, 7) is 16.8. The topological polar surface area (TPSA) is 87.7 Å². The summed E-state index contributed by atoms with van der Waals surface area (Å²) in [5.74, 6) is -0.828. The number of nitrogens with one attached hydrogen (secondary N) is 2. The van der Waals surface area contributed by atoms with Crippen LogP contribution in [0.4, 0.5) is 10.5 Å². The zero-order chi connectivity index (χ0) is 27.9. The molecule has 0 heterocycles. The highest BCUT2D eigenvalue weighted by Gasteiger charge is 2.39. The third-order valence-corrected chi connectivity index (χ3v) is 6.33.